The second kappa shape index (κ2) is 16.6. The number of rotatable bonds is 2. The first-order chi connectivity index (χ1) is 9.61. The summed E-state index contributed by atoms with van der Waals surface area (Å²) in [6.45, 7) is 16.5. The van der Waals surface area contributed by atoms with Gasteiger partial charge in [0, 0.05) is 5.92 Å². The van der Waals surface area contributed by atoms with E-state index in [4.69, 9.17) is 8.83 Å². The molecule has 0 saturated heterocycles. The van der Waals surface area contributed by atoms with Crippen molar-refractivity contribution in [1.29, 1.82) is 0 Å². The molecule has 2 aromatic heterocycles. The van der Waals surface area contributed by atoms with Gasteiger partial charge in [-0.2, -0.15) is 0 Å². The van der Waals surface area contributed by atoms with Crippen molar-refractivity contribution < 1.29 is 8.83 Å². The molecule has 0 aliphatic rings. The minimum atomic E-state index is 0. The van der Waals surface area contributed by atoms with Crippen LogP contribution in [-0.2, 0) is 0 Å². The third kappa shape index (κ3) is 12.0. The van der Waals surface area contributed by atoms with Gasteiger partial charge >= 0.3 is 0 Å². The summed E-state index contributed by atoms with van der Waals surface area (Å²) in [5.41, 5.74) is 1.27. The van der Waals surface area contributed by atoms with Gasteiger partial charge in [-0.15, -0.1) is 0 Å². The Bertz CT molecular complexity index is 318. The first-order valence-electron chi connectivity index (χ1n) is 7.66. The second-order valence-corrected chi connectivity index (χ2v) is 4.38. The van der Waals surface area contributed by atoms with Crippen LogP contribution >= 0.6 is 0 Å². The molecule has 0 atom stereocenters. The van der Waals surface area contributed by atoms with Crippen molar-refractivity contribution in [2.45, 2.75) is 74.7 Å². The summed E-state index contributed by atoms with van der Waals surface area (Å²) in [5.74, 6) is 2.17. The Morgan fingerprint density at radius 2 is 1.38 bits per heavy atom. The van der Waals surface area contributed by atoms with Crippen LogP contribution in [0.4, 0.5) is 0 Å². The standard InChI is InChI=1S/2C7H10O.2C2H6.CH4/c1-6(2)7-3-4-8-5-7;1-6(2)7-4-3-5-8-7;2*1-2;/h2*3-6H,1-2H3;2*1-2H3;1H4. The molecular formula is C19H36O2. The summed E-state index contributed by atoms with van der Waals surface area (Å²) < 4.78 is 9.97. The Morgan fingerprint density at radius 1 is 0.810 bits per heavy atom. The summed E-state index contributed by atoms with van der Waals surface area (Å²) in [7, 11) is 0. The van der Waals surface area contributed by atoms with Crippen LogP contribution in [-0.4, -0.2) is 0 Å². The first-order valence-corrected chi connectivity index (χ1v) is 7.66. The van der Waals surface area contributed by atoms with Crippen molar-refractivity contribution in [1.82, 2.24) is 0 Å². The van der Waals surface area contributed by atoms with Crippen molar-refractivity contribution in [3.05, 3.63) is 48.3 Å². The minimum Gasteiger partial charge on any atom is -0.472 e. The first kappa shape index (κ1) is 24.6. The summed E-state index contributed by atoms with van der Waals surface area (Å²) in [4.78, 5) is 0. The summed E-state index contributed by atoms with van der Waals surface area (Å²) in [6.07, 6.45) is 5.19. The van der Waals surface area contributed by atoms with Crippen molar-refractivity contribution >= 4 is 0 Å². The number of hydrogen-bond donors (Lipinski definition) is 0. The smallest absolute Gasteiger partial charge is 0.106 e. The van der Waals surface area contributed by atoms with Crippen LogP contribution in [0.3, 0.4) is 0 Å². The lowest BCUT2D eigenvalue weighted by Crippen LogP contribution is -1.79. The van der Waals surface area contributed by atoms with Crippen LogP contribution < -0.4 is 0 Å². The molecule has 0 unspecified atom stereocenters. The molecule has 21 heavy (non-hydrogen) atoms. The molecule has 0 aliphatic heterocycles. The fourth-order valence-corrected chi connectivity index (χ4v) is 1.22. The Labute approximate surface area is 132 Å². The maximum Gasteiger partial charge on any atom is 0.106 e. The van der Waals surface area contributed by atoms with E-state index in [0.717, 1.165) is 5.76 Å². The lowest BCUT2D eigenvalue weighted by atomic mass is 10.1. The molecule has 2 aromatic rings. The SMILES string of the molecule is C.CC.CC.CC(C)c1ccco1.CC(C)c1ccoc1. The van der Waals surface area contributed by atoms with E-state index < -0.39 is 0 Å². The van der Waals surface area contributed by atoms with E-state index in [1.165, 1.54) is 5.56 Å². The molecule has 0 aliphatic carbocycles. The average Bonchev–Trinajstić information content (AvgIpc) is 3.17. The molecule has 0 amide bonds. The number of hydrogen-bond acceptors (Lipinski definition) is 2. The maximum absolute atomic E-state index is 5.09. The fraction of sp³-hybridized carbons (Fsp3) is 0.579. The molecule has 0 fully saturated rings. The minimum absolute atomic E-state index is 0. The van der Waals surface area contributed by atoms with E-state index >= 15 is 0 Å². The Morgan fingerprint density at radius 3 is 1.57 bits per heavy atom. The van der Waals surface area contributed by atoms with Crippen LogP contribution in [0.15, 0.2) is 45.8 Å². The van der Waals surface area contributed by atoms with E-state index in [2.05, 4.69) is 27.7 Å². The normalized spacial score (nSPS) is 8.48. The molecule has 0 radical (unpaired) electrons. The van der Waals surface area contributed by atoms with Gasteiger partial charge in [-0.1, -0.05) is 62.8 Å². The van der Waals surface area contributed by atoms with Gasteiger partial charge in [0.15, 0.2) is 0 Å². The van der Waals surface area contributed by atoms with E-state index in [0.29, 0.717) is 11.8 Å². The van der Waals surface area contributed by atoms with Crippen LogP contribution in [0.1, 0.15) is 86.0 Å². The van der Waals surface area contributed by atoms with E-state index in [-0.39, 0.29) is 7.43 Å². The topological polar surface area (TPSA) is 26.3 Å². The lowest BCUT2D eigenvalue weighted by Gasteiger charge is -1.94. The molecular weight excluding hydrogens is 260 g/mol. The van der Waals surface area contributed by atoms with Crippen LogP contribution in [0.5, 0.6) is 0 Å². The van der Waals surface area contributed by atoms with Gasteiger partial charge < -0.3 is 8.83 Å². The third-order valence-corrected chi connectivity index (χ3v) is 2.32. The molecule has 0 aromatic carbocycles. The summed E-state index contributed by atoms with van der Waals surface area (Å²) >= 11 is 0. The molecule has 0 saturated carbocycles. The second-order valence-electron chi connectivity index (χ2n) is 4.38. The van der Waals surface area contributed by atoms with Crippen molar-refractivity contribution in [2.24, 2.45) is 0 Å². The maximum atomic E-state index is 5.09. The molecule has 0 bridgehead atoms. The van der Waals surface area contributed by atoms with Crippen LogP contribution in [0.2, 0.25) is 0 Å². The largest absolute Gasteiger partial charge is 0.472 e. The highest BCUT2D eigenvalue weighted by Crippen LogP contribution is 2.13. The lowest BCUT2D eigenvalue weighted by molar-refractivity contribution is 0.487. The van der Waals surface area contributed by atoms with Gasteiger partial charge in [-0.3, -0.25) is 0 Å². The molecule has 2 heteroatoms. The van der Waals surface area contributed by atoms with Crippen molar-refractivity contribution in [3.8, 4) is 0 Å². The van der Waals surface area contributed by atoms with Gasteiger partial charge in [0.05, 0.1) is 18.8 Å². The average molecular weight is 296 g/mol. The predicted molar refractivity (Wildman–Crippen MR) is 95.0 cm³/mol. The third-order valence-electron chi connectivity index (χ3n) is 2.32. The van der Waals surface area contributed by atoms with Gasteiger partial charge in [-0.25, -0.2) is 0 Å². The van der Waals surface area contributed by atoms with Crippen molar-refractivity contribution in [3.63, 3.8) is 0 Å². The van der Waals surface area contributed by atoms with Gasteiger partial charge in [0.1, 0.15) is 5.76 Å². The van der Waals surface area contributed by atoms with Crippen LogP contribution in [0, 0.1) is 0 Å². The highest BCUT2D eigenvalue weighted by atomic mass is 16.3. The highest BCUT2D eigenvalue weighted by molar-refractivity contribution is 5.09. The van der Waals surface area contributed by atoms with Gasteiger partial charge in [0.2, 0.25) is 0 Å². The molecule has 2 nitrogen and oxygen atoms in total. The molecule has 2 heterocycles. The summed E-state index contributed by atoms with van der Waals surface area (Å²) in [6, 6.07) is 5.89. The van der Waals surface area contributed by atoms with E-state index in [9.17, 15) is 0 Å². The van der Waals surface area contributed by atoms with Gasteiger partial charge in [0.25, 0.3) is 0 Å². The zero-order chi connectivity index (χ0) is 16.0. The molecule has 0 N–H and O–H groups in total. The monoisotopic (exact) mass is 296 g/mol. The summed E-state index contributed by atoms with van der Waals surface area (Å²) in [5, 5.41) is 0. The van der Waals surface area contributed by atoms with Crippen molar-refractivity contribution in [2.75, 3.05) is 0 Å². The highest BCUT2D eigenvalue weighted by Gasteiger charge is 1.98. The van der Waals surface area contributed by atoms with E-state index in [1.807, 2.05) is 45.9 Å². The zero-order valence-electron chi connectivity index (χ0n) is 14.4. The Balaban J connectivity index is -0.000000240. The Hall–Kier alpha value is -1.44. The molecule has 2 rings (SSSR count). The Kier molecular flexibility index (Phi) is 19.4. The molecule has 0 spiro atoms. The zero-order valence-corrected chi connectivity index (χ0v) is 14.4. The molecule has 124 valence electrons. The number of furan rings is 2. The van der Waals surface area contributed by atoms with Gasteiger partial charge in [-0.05, 0) is 29.7 Å². The predicted octanol–water partition coefficient (Wildman–Crippen LogP) is 7.49. The quantitative estimate of drug-likeness (QED) is 0.573. The van der Waals surface area contributed by atoms with E-state index in [1.54, 1.807) is 18.8 Å². The fourth-order valence-electron chi connectivity index (χ4n) is 1.22. The van der Waals surface area contributed by atoms with Crippen LogP contribution in [0.25, 0.3) is 0 Å².